The van der Waals surface area contributed by atoms with E-state index in [1.807, 2.05) is 0 Å². The van der Waals surface area contributed by atoms with Gasteiger partial charge in [0.15, 0.2) is 0 Å². The van der Waals surface area contributed by atoms with E-state index in [-0.39, 0.29) is 12.3 Å². The SMILES string of the molecule is C[C@H](NC(=O)Cc1cscn1)C(=O)O. The van der Waals surface area contributed by atoms with Gasteiger partial charge in [-0.15, -0.1) is 11.3 Å². The Morgan fingerprint density at radius 1 is 1.71 bits per heavy atom. The number of carboxylic acids is 1. The molecule has 0 spiro atoms. The summed E-state index contributed by atoms with van der Waals surface area (Å²) in [5.74, 6) is -1.37. The normalized spacial score (nSPS) is 12.1. The van der Waals surface area contributed by atoms with Crippen molar-refractivity contribution in [2.24, 2.45) is 0 Å². The van der Waals surface area contributed by atoms with E-state index >= 15 is 0 Å². The summed E-state index contributed by atoms with van der Waals surface area (Å²) in [5, 5.41) is 12.6. The van der Waals surface area contributed by atoms with Crippen LogP contribution in [0.1, 0.15) is 12.6 Å². The van der Waals surface area contributed by atoms with Crippen LogP contribution in [0.2, 0.25) is 0 Å². The van der Waals surface area contributed by atoms with Crippen molar-refractivity contribution < 1.29 is 14.7 Å². The Bertz CT molecular complexity index is 323. The number of nitrogens with one attached hydrogen (secondary N) is 1. The van der Waals surface area contributed by atoms with E-state index in [9.17, 15) is 9.59 Å². The van der Waals surface area contributed by atoms with E-state index in [1.54, 1.807) is 10.9 Å². The Morgan fingerprint density at radius 3 is 2.93 bits per heavy atom. The zero-order valence-corrected chi connectivity index (χ0v) is 8.37. The van der Waals surface area contributed by atoms with Crippen LogP contribution in [-0.4, -0.2) is 28.0 Å². The van der Waals surface area contributed by atoms with E-state index in [1.165, 1.54) is 18.3 Å². The summed E-state index contributed by atoms with van der Waals surface area (Å²) < 4.78 is 0. The summed E-state index contributed by atoms with van der Waals surface area (Å²) >= 11 is 1.40. The van der Waals surface area contributed by atoms with Crippen LogP contribution in [0.4, 0.5) is 0 Å². The van der Waals surface area contributed by atoms with Crippen LogP contribution < -0.4 is 5.32 Å². The number of carbonyl (C=O) groups is 2. The Balaban J connectivity index is 2.40. The molecule has 0 aliphatic heterocycles. The van der Waals surface area contributed by atoms with Crippen molar-refractivity contribution in [1.82, 2.24) is 10.3 Å². The van der Waals surface area contributed by atoms with Crippen molar-refractivity contribution in [3.05, 3.63) is 16.6 Å². The number of rotatable bonds is 4. The summed E-state index contributed by atoms with van der Waals surface area (Å²) in [5.41, 5.74) is 2.29. The second kappa shape index (κ2) is 4.71. The average molecular weight is 214 g/mol. The third-order valence-corrected chi connectivity index (χ3v) is 2.21. The predicted molar refractivity (Wildman–Crippen MR) is 51.1 cm³/mol. The van der Waals surface area contributed by atoms with Crippen LogP contribution in [0.25, 0.3) is 0 Å². The van der Waals surface area contributed by atoms with Gasteiger partial charge >= 0.3 is 5.97 Å². The van der Waals surface area contributed by atoms with Crippen molar-refractivity contribution in [1.29, 1.82) is 0 Å². The summed E-state index contributed by atoms with van der Waals surface area (Å²) in [7, 11) is 0. The van der Waals surface area contributed by atoms with Crippen molar-refractivity contribution in [2.75, 3.05) is 0 Å². The van der Waals surface area contributed by atoms with Crippen molar-refractivity contribution in [3.63, 3.8) is 0 Å². The molecule has 14 heavy (non-hydrogen) atoms. The molecular weight excluding hydrogens is 204 g/mol. The van der Waals surface area contributed by atoms with Gasteiger partial charge in [-0.2, -0.15) is 0 Å². The molecule has 0 bridgehead atoms. The minimum absolute atomic E-state index is 0.126. The zero-order chi connectivity index (χ0) is 10.6. The largest absolute Gasteiger partial charge is 0.480 e. The minimum Gasteiger partial charge on any atom is -0.480 e. The van der Waals surface area contributed by atoms with E-state index in [0.29, 0.717) is 5.69 Å². The van der Waals surface area contributed by atoms with Gasteiger partial charge in [-0.25, -0.2) is 4.98 Å². The molecule has 0 radical (unpaired) electrons. The first-order chi connectivity index (χ1) is 6.59. The maximum atomic E-state index is 11.2. The highest BCUT2D eigenvalue weighted by atomic mass is 32.1. The Labute approximate surface area is 84.8 Å². The molecule has 1 aromatic rings. The van der Waals surface area contributed by atoms with Gasteiger partial charge in [0.05, 0.1) is 17.6 Å². The fourth-order valence-corrected chi connectivity index (χ4v) is 1.40. The number of carboxylic acid groups (broad SMARTS) is 1. The molecule has 1 atom stereocenters. The Hall–Kier alpha value is -1.43. The van der Waals surface area contributed by atoms with Gasteiger partial charge in [0.2, 0.25) is 5.91 Å². The fraction of sp³-hybridized carbons (Fsp3) is 0.375. The maximum Gasteiger partial charge on any atom is 0.325 e. The van der Waals surface area contributed by atoms with Gasteiger partial charge in [0.25, 0.3) is 0 Å². The number of amides is 1. The van der Waals surface area contributed by atoms with Crippen LogP contribution >= 0.6 is 11.3 Å². The highest BCUT2D eigenvalue weighted by Crippen LogP contribution is 2.01. The molecule has 76 valence electrons. The van der Waals surface area contributed by atoms with E-state index in [2.05, 4.69) is 10.3 Å². The van der Waals surface area contributed by atoms with E-state index in [4.69, 9.17) is 5.11 Å². The highest BCUT2D eigenvalue weighted by molar-refractivity contribution is 7.07. The highest BCUT2D eigenvalue weighted by Gasteiger charge is 2.14. The molecule has 1 amide bonds. The fourth-order valence-electron chi connectivity index (χ4n) is 0.844. The van der Waals surface area contributed by atoms with Crippen LogP contribution in [0.3, 0.4) is 0 Å². The molecule has 1 aromatic heterocycles. The lowest BCUT2D eigenvalue weighted by atomic mass is 10.3. The quantitative estimate of drug-likeness (QED) is 0.754. The van der Waals surface area contributed by atoms with Crippen LogP contribution in [0.5, 0.6) is 0 Å². The molecule has 0 aromatic carbocycles. The number of aliphatic carboxylic acids is 1. The summed E-state index contributed by atoms with van der Waals surface area (Å²) in [6.45, 7) is 1.42. The van der Waals surface area contributed by atoms with Crippen molar-refractivity contribution in [3.8, 4) is 0 Å². The molecule has 5 nitrogen and oxygen atoms in total. The van der Waals surface area contributed by atoms with Crippen LogP contribution in [0, 0.1) is 0 Å². The molecule has 0 fully saturated rings. The molecule has 0 saturated heterocycles. The van der Waals surface area contributed by atoms with E-state index in [0.717, 1.165) is 0 Å². The number of thiazole rings is 1. The van der Waals surface area contributed by atoms with E-state index < -0.39 is 12.0 Å². The summed E-state index contributed by atoms with van der Waals surface area (Å²) in [6, 6.07) is -0.860. The minimum atomic E-state index is -1.04. The average Bonchev–Trinajstić information content (AvgIpc) is 2.56. The van der Waals surface area contributed by atoms with Crippen molar-refractivity contribution in [2.45, 2.75) is 19.4 Å². The first-order valence-corrected chi connectivity index (χ1v) is 4.93. The number of aromatic nitrogens is 1. The van der Waals surface area contributed by atoms with Crippen LogP contribution in [-0.2, 0) is 16.0 Å². The second-order valence-electron chi connectivity index (χ2n) is 2.78. The topological polar surface area (TPSA) is 79.3 Å². The third kappa shape index (κ3) is 3.14. The second-order valence-corrected chi connectivity index (χ2v) is 3.50. The van der Waals surface area contributed by atoms with Gasteiger partial charge in [-0.1, -0.05) is 0 Å². The predicted octanol–water partition coefficient (Wildman–Crippen LogP) is 0.275. The molecule has 0 saturated carbocycles. The molecule has 6 heteroatoms. The Morgan fingerprint density at radius 2 is 2.43 bits per heavy atom. The van der Waals surface area contributed by atoms with Gasteiger partial charge in [-0.3, -0.25) is 9.59 Å². The molecule has 2 N–H and O–H groups in total. The zero-order valence-electron chi connectivity index (χ0n) is 7.56. The lowest BCUT2D eigenvalue weighted by molar-refractivity contribution is -0.141. The lowest BCUT2D eigenvalue weighted by Crippen LogP contribution is -2.39. The molecular formula is C8H10N2O3S. The summed E-state index contributed by atoms with van der Waals surface area (Å²) in [6.07, 6.45) is 0.126. The van der Waals surface area contributed by atoms with Gasteiger partial charge in [-0.05, 0) is 6.92 Å². The van der Waals surface area contributed by atoms with Crippen molar-refractivity contribution >= 4 is 23.2 Å². The molecule has 1 heterocycles. The van der Waals surface area contributed by atoms with Gasteiger partial charge in [0, 0.05) is 5.38 Å². The smallest absolute Gasteiger partial charge is 0.325 e. The monoisotopic (exact) mass is 214 g/mol. The van der Waals surface area contributed by atoms with Crippen LogP contribution in [0.15, 0.2) is 10.9 Å². The number of hydrogen-bond donors (Lipinski definition) is 2. The van der Waals surface area contributed by atoms with Gasteiger partial charge in [0.1, 0.15) is 6.04 Å². The molecule has 0 aliphatic carbocycles. The number of carbonyl (C=O) groups excluding carboxylic acids is 1. The first kappa shape index (κ1) is 10.6. The molecule has 0 unspecified atom stereocenters. The number of hydrogen-bond acceptors (Lipinski definition) is 4. The lowest BCUT2D eigenvalue weighted by Gasteiger charge is -2.07. The third-order valence-electron chi connectivity index (χ3n) is 1.57. The number of nitrogens with zero attached hydrogens (tertiary/aromatic N) is 1. The maximum absolute atomic E-state index is 11.2. The molecule has 1 rings (SSSR count). The Kier molecular flexibility index (Phi) is 3.58. The molecule has 0 aliphatic rings. The summed E-state index contributed by atoms with van der Waals surface area (Å²) in [4.78, 5) is 25.5. The first-order valence-electron chi connectivity index (χ1n) is 3.99. The standard InChI is InChI=1S/C8H10N2O3S/c1-5(8(12)13)10-7(11)2-6-3-14-4-9-6/h3-5H,2H2,1H3,(H,10,11)(H,12,13)/t5-/m0/s1. The van der Waals surface area contributed by atoms with Gasteiger partial charge < -0.3 is 10.4 Å².